The van der Waals surface area contributed by atoms with Crippen LogP contribution in [0.15, 0.2) is 53.0 Å². The SMILES string of the molecule is O=C(O)/C=C/c1ccc(N2CCc3ccccc32)c(Br)c1. The maximum absolute atomic E-state index is 10.6. The first-order chi connectivity index (χ1) is 10.1. The Hall–Kier alpha value is -2.07. The first-order valence-corrected chi connectivity index (χ1v) is 7.50. The molecule has 21 heavy (non-hydrogen) atoms. The second-order valence-electron chi connectivity index (χ2n) is 4.91. The molecule has 0 amide bonds. The van der Waals surface area contributed by atoms with E-state index in [4.69, 9.17) is 5.11 Å². The fourth-order valence-electron chi connectivity index (χ4n) is 2.60. The van der Waals surface area contributed by atoms with Gasteiger partial charge in [-0.05, 0) is 57.8 Å². The molecule has 1 aliphatic heterocycles. The minimum atomic E-state index is -0.941. The number of nitrogens with zero attached hydrogens (tertiary/aromatic N) is 1. The Bertz CT molecular complexity index is 724. The number of anilines is 2. The Morgan fingerprint density at radius 2 is 2.00 bits per heavy atom. The highest BCUT2D eigenvalue weighted by Gasteiger charge is 2.21. The van der Waals surface area contributed by atoms with E-state index >= 15 is 0 Å². The highest BCUT2D eigenvalue weighted by Crippen LogP contribution is 2.38. The quantitative estimate of drug-likeness (QED) is 0.847. The van der Waals surface area contributed by atoms with Gasteiger partial charge in [-0.15, -0.1) is 0 Å². The van der Waals surface area contributed by atoms with Gasteiger partial charge in [0.25, 0.3) is 0 Å². The summed E-state index contributed by atoms with van der Waals surface area (Å²) >= 11 is 3.59. The lowest BCUT2D eigenvalue weighted by atomic mass is 10.1. The molecule has 0 bridgehead atoms. The molecule has 4 heteroatoms. The summed E-state index contributed by atoms with van der Waals surface area (Å²) in [6, 6.07) is 14.3. The normalized spacial score (nSPS) is 13.7. The van der Waals surface area contributed by atoms with Crippen LogP contribution in [0.3, 0.4) is 0 Å². The molecular weight excluding hydrogens is 330 g/mol. The molecule has 3 nitrogen and oxygen atoms in total. The number of carboxylic acids is 1. The number of fused-ring (bicyclic) bond motifs is 1. The standard InChI is InChI=1S/C17H14BrNO2/c18-14-11-12(6-8-17(20)21)5-7-16(14)19-10-9-13-3-1-2-4-15(13)19/h1-8,11H,9-10H2,(H,20,21)/b8-6+. The lowest BCUT2D eigenvalue weighted by molar-refractivity contribution is -0.131. The molecular formula is C17H14BrNO2. The maximum Gasteiger partial charge on any atom is 0.328 e. The van der Waals surface area contributed by atoms with Crippen molar-refractivity contribution in [3.8, 4) is 0 Å². The number of carboxylic acid groups (broad SMARTS) is 1. The topological polar surface area (TPSA) is 40.5 Å². The smallest absolute Gasteiger partial charge is 0.328 e. The van der Waals surface area contributed by atoms with Crippen molar-refractivity contribution in [3.05, 3.63) is 64.1 Å². The van der Waals surface area contributed by atoms with E-state index in [1.54, 1.807) is 6.08 Å². The number of hydrogen-bond donors (Lipinski definition) is 1. The zero-order valence-electron chi connectivity index (χ0n) is 11.3. The third-order valence-electron chi connectivity index (χ3n) is 3.57. The Morgan fingerprint density at radius 3 is 2.76 bits per heavy atom. The number of hydrogen-bond acceptors (Lipinski definition) is 2. The summed E-state index contributed by atoms with van der Waals surface area (Å²) in [5.41, 5.74) is 4.57. The summed E-state index contributed by atoms with van der Waals surface area (Å²) in [6.45, 7) is 0.961. The summed E-state index contributed by atoms with van der Waals surface area (Å²) in [4.78, 5) is 12.8. The molecule has 1 aliphatic rings. The molecule has 1 N–H and O–H groups in total. The summed E-state index contributed by atoms with van der Waals surface area (Å²) in [5, 5.41) is 8.67. The van der Waals surface area contributed by atoms with Crippen molar-refractivity contribution in [3.63, 3.8) is 0 Å². The molecule has 3 rings (SSSR count). The van der Waals surface area contributed by atoms with E-state index in [0.717, 1.165) is 34.8 Å². The monoisotopic (exact) mass is 343 g/mol. The average molecular weight is 344 g/mol. The van der Waals surface area contributed by atoms with Gasteiger partial charge in [-0.2, -0.15) is 0 Å². The lowest BCUT2D eigenvalue weighted by Gasteiger charge is -2.21. The van der Waals surface area contributed by atoms with Gasteiger partial charge in [0.1, 0.15) is 0 Å². The van der Waals surface area contributed by atoms with Crippen molar-refractivity contribution in [2.75, 3.05) is 11.4 Å². The van der Waals surface area contributed by atoms with Crippen molar-refractivity contribution in [2.45, 2.75) is 6.42 Å². The predicted octanol–water partition coefficient (Wildman–Crippen LogP) is 4.24. The molecule has 0 unspecified atom stereocenters. The summed E-state index contributed by atoms with van der Waals surface area (Å²) < 4.78 is 0.965. The maximum atomic E-state index is 10.6. The fraction of sp³-hybridized carbons (Fsp3) is 0.118. The van der Waals surface area contributed by atoms with Crippen LogP contribution < -0.4 is 4.90 Å². The molecule has 1 heterocycles. The Morgan fingerprint density at radius 1 is 1.19 bits per heavy atom. The predicted molar refractivity (Wildman–Crippen MR) is 88.0 cm³/mol. The number of halogens is 1. The number of carbonyl (C=O) groups is 1. The molecule has 0 fully saturated rings. The van der Waals surface area contributed by atoms with Gasteiger partial charge in [0, 0.05) is 22.8 Å². The summed E-state index contributed by atoms with van der Waals surface area (Å²) in [5.74, 6) is -0.941. The van der Waals surface area contributed by atoms with Crippen LogP contribution in [0.5, 0.6) is 0 Å². The molecule has 0 radical (unpaired) electrons. The van der Waals surface area contributed by atoms with Crippen LogP contribution in [0.25, 0.3) is 6.08 Å². The first-order valence-electron chi connectivity index (χ1n) is 6.71. The summed E-state index contributed by atoms with van der Waals surface area (Å²) in [6.07, 6.45) is 3.78. The van der Waals surface area contributed by atoms with E-state index in [9.17, 15) is 4.79 Å². The molecule has 2 aromatic rings. The minimum Gasteiger partial charge on any atom is -0.478 e. The van der Waals surface area contributed by atoms with Gasteiger partial charge in [0.15, 0.2) is 0 Å². The van der Waals surface area contributed by atoms with Crippen molar-refractivity contribution in [1.82, 2.24) is 0 Å². The van der Waals surface area contributed by atoms with Crippen LogP contribution in [0.1, 0.15) is 11.1 Å². The van der Waals surface area contributed by atoms with Crippen LogP contribution >= 0.6 is 15.9 Å². The average Bonchev–Trinajstić information content (AvgIpc) is 2.89. The van der Waals surface area contributed by atoms with Crippen molar-refractivity contribution in [1.29, 1.82) is 0 Å². The lowest BCUT2D eigenvalue weighted by Crippen LogP contribution is -2.13. The Kier molecular flexibility index (Phi) is 3.80. The minimum absolute atomic E-state index is 0.862. The van der Waals surface area contributed by atoms with E-state index in [2.05, 4.69) is 45.1 Å². The molecule has 0 aliphatic carbocycles. The largest absolute Gasteiger partial charge is 0.478 e. The number of rotatable bonds is 3. The van der Waals surface area contributed by atoms with Crippen LogP contribution in [0.2, 0.25) is 0 Å². The van der Waals surface area contributed by atoms with Gasteiger partial charge in [-0.25, -0.2) is 4.79 Å². The molecule has 2 aromatic carbocycles. The molecule has 0 atom stereocenters. The van der Waals surface area contributed by atoms with E-state index in [1.165, 1.54) is 11.3 Å². The Balaban J connectivity index is 1.93. The third kappa shape index (κ3) is 2.85. The van der Waals surface area contributed by atoms with Gasteiger partial charge >= 0.3 is 5.97 Å². The third-order valence-corrected chi connectivity index (χ3v) is 4.20. The van der Waals surface area contributed by atoms with Crippen LogP contribution in [0, 0.1) is 0 Å². The fourth-order valence-corrected chi connectivity index (χ4v) is 3.21. The van der Waals surface area contributed by atoms with Gasteiger partial charge < -0.3 is 10.0 Å². The highest BCUT2D eigenvalue weighted by molar-refractivity contribution is 9.10. The summed E-state index contributed by atoms with van der Waals surface area (Å²) in [7, 11) is 0. The van der Waals surface area contributed by atoms with Crippen LogP contribution in [-0.4, -0.2) is 17.6 Å². The molecule has 0 spiro atoms. The zero-order valence-corrected chi connectivity index (χ0v) is 12.9. The van der Waals surface area contributed by atoms with E-state index in [1.807, 2.05) is 18.2 Å². The van der Waals surface area contributed by atoms with Crippen molar-refractivity contribution in [2.24, 2.45) is 0 Å². The van der Waals surface area contributed by atoms with Gasteiger partial charge in [-0.1, -0.05) is 24.3 Å². The van der Waals surface area contributed by atoms with E-state index in [0.29, 0.717) is 0 Å². The molecule has 0 aromatic heterocycles. The Labute approximate surface area is 131 Å². The van der Waals surface area contributed by atoms with Gasteiger partial charge in [0.2, 0.25) is 0 Å². The molecule has 0 saturated carbocycles. The van der Waals surface area contributed by atoms with Crippen LogP contribution in [-0.2, 0) is 11.2 Å². The van der Waals surface area contributed by atoms with Crippen molar-refractivity contribution < 1.29 is 9.90 Å². The first kappa shape index (κ1) is 13.9. The molecule has 0 saturated heterocycles. The van der Waals surface area contributed by atoms with Crippen LogP contribution in [0.4, 0.5) is 11.4 Å². The number of aliphatic carboxylic acids is 1. The number of para-hydroxylation sites is 1. The van der Waals surface area contributed by atoms with Crippen molar-refractivity contribution >= 4 is 39.4 Å². The highest BCUT2D eigenvalue weighted by atomic mass is 79.9. The molecule has 106 valence electrons. The number of benzene rings is 2. The van der Waals surface area contributed by atoms with E-state index < -0.39 is 5.97 Å². The van der Waals surface area contributed by atoms with Gasteiger partial charge in [-0.3, -0.25) is 0 Å². The zero-order chi connectivity index (χ0) is 14.8. The second-order valence-corrected chi connectivity index (χ2v) is 5.77. The van der Waals surface area contributed by atoms with E-state index in [-0.39, 0.29) is 0 Å². The van der Waals surface area contributed by atoms with Gasteiger partial charge in [0.05, 0.1) is 5.69 Å². The second kappa shape index (κ2) is 5.74.